The predicted octanol–water partition coefficient (Wildman–Crippen LogP) is 3.98. The van der Waals surface area contributed by atoms with Crippen LogP contribution < -0.4 is 9.47 Å². The lowest BCUT2D eigenvalue weighted by molar-refractivity contribution is -0.141. The minimum atomic E-state index is -4.51. The second-order valence-corrected chi connectivity index (χ2v) is 5.10. The first-order valence-electron chi connectivity index (χ1n) is 7.26. The third-order valence-electron chi connectivity index (χ3n) is 3.28. The lowest BCUT2D eigenvalue weighted by atomic mass is 10.2. The molecule has 134 valence electrons. The number of pyridine rings is 1. The van der Waals surface area contributed by atoms with Crippen LogP contribution in [0.3, 0.4) is 0 Å². The summed E-state index contributed by atoms with van der Waals surface area (Å²) in [7, 11) is 3.02. The molecule has 1 aromatic carbocycles. The fourth-order valence-corrected chi connectivity index (χ4v) is 2.17. The van der Waals surface area contributed by atoms with Crippen LogP contribution in [-0.2, 0) is 17.6 Å². The van der Waals surface area contributed by atoms with Crippen LogP contribution in [0.5, 0.6) is 11.5 Å². The number of halogens is 3. The Morgan fingerprint density at radius 3 is 2.32 bits per heavy atom. The summed E-state index contributed by atoms with van der Waals surface area (Å²) in [5.41, 5.74) is 0.146. The number of methoxy groups -OCH3 is 2. The molecule has 25 heavy (non-hydrogen) atoms. The number of ether oxygens (including phenoxy) is 2. The van der Waals surface area contributed by atoms with Crippen molar-refractivity contribution >= 4 is 6.21 Å². The molecule has 1 heterocycles. The van der Waals surface area contributed by atoms with Gasteiger partial charge in [-0.15, -0.1) is 0 Å². The Labute approximate surface area is 143 Å². The van der Waals surface area contributed by atoms with E-state index in [-0.39, 0.29) is 12.3 Å². The molecule has 0 unspecified atom stereocenters. The van der Waals surface area contributed by atoms with E-state index in [1.54, 1.807) is 25.1 Å². The van der Waals surface area contributed by atoms with Crippen LogP contribution in [0.4, 0.5) is 13.2 Å². The van der Waals surface area contributed by atoms with Gasteiger partial charge in [0.1, 0.15) is 23.8 Å². The van der Waals surface area contributed by atoms with E-state index in [1.807, 2.05) is 0 Å². The lowest BCUT2D eigenvalue weighted by Crippen LogP contribution is -2.10. The quantitative estimate of drug-likeness (QED) is 0.582. The number of aryl methyl sites for hydroxylation is 1. The molecule has 8 heteroatoms. The molecule has 0 aliphatic heterocycles. The summed E-state index contributed by atoms with van der Waals surface area (Å²) in [5.74, 6) is 1.12. The van der Waals surface area contributed by atoms with Crippen LogP contribution in [0.15, 0.2) is 35.5 Å². The molecular formula is C17H17F3N2O3. The monoisotopic (exact) mass is 354 g/mol. The summed E-state index contributed by atoms with van der Waals surface area (Å²) >= 11 is 0. The number of oxime groups is 1. The Kier molecular flexibility index (Phi) is 5.84. The first-order chi connectivity index (χ1) is 11.8. The Balaban J connectivity index is 2.12. The highest BCUT2D eigenvalue weighted by Crippen LogP contribution is 2.29. The average Bonchev–Trinajstić information content (AvgIpc) is 2.57. The van der Waals surface area contributed by atoms with Crippen LogP contribution >= 0.6 is 0 Å². The molecule has 0 fully saturated rings. The summed E-state index contributed by atoms with van der Waals surface area (Å²) in [6, 6.07) is 7.69. The topological polar surface area (TPSA) is 52.9 Å². The maximum Gasteiger partial charge on any atom is 0.433 e. The Bertz CT molecular complexity index is 739. The van der Waals surface area contributed by atoms with Gasteiger partial charge < -0.3 is 14.3 Å². The minimum absolute atomic E-state index is 0.0294. The highest BCUT2D eigenvalue weighted by molar-refractivity contribution is 5.76. The predicted molar refractivity (Wildman–Crippen MR) is 85.9 cm³/mol. The highest BCUT2D eigenvalue weighted by Gasteiger charge is 2.32. The molecule has 0 bridgehead atoms. The molecule has 1 aromatic heterocycles. The number of nitrogens with zero attached hydrogens (tertiary/aromatic N) is 2. The molecule has 2 aromatic rings. The van der Waals surface area contributed by atoms with E-state index in [9.17, 15) is 13.2 Å². The molecule has 0 aliphatic carbocycles. The molecule has 0 saturated carbocycles. The molecule has 0 aliphatic rings. The number of alkyl halides is 3. The number of hydrogen-bond acceptors (Lipinski definition) is 5. The molecule has 0 N–H and O–H groups in total. The smallest absolute Gasteiger partial charge is 0.433 e. The van der Waals surface area contributed by atoms with Crippen LogP contribution in [0, 0.1) is 6.92 Å². The van der Waals surface area contributed by atoms with Crippen molar-refractivity contribution in [1.29, 1.82) is 0 Å². The van der Waals surface area contributed by atoms with Gasteiger partial charge in [0.2, 0.25) is 0 Å². The summed E-state index contributed by atoms with van der Waals surface area (Å²) in [6.45, 7) is 1.58. The summed E-state index contributed by atoms with van der Waals surface area (Å²) in [4.78, 5) is 8.68. The number of aromatic nitrogens is 1. The Hall–Kier alpha value is -2.77. The number of benzene rings is 1. The number of rotatable bonds is 6. The normalized spacial score (nSPS) is 11.6. The van der Waals surface area contributed by atoms with Gasteiger partial charge >= 0.3 is 6.18 Å². The van der Waals surface area contributed by atoms with Gasteiger partial charge in [0.25, 0.3) is 0 Å². The van der Waals surface area contributed by atoms with Crippen LogP contribution in [0.2, 0.25) is 0 Å². The fourth-order valence-electron chi connectivity index (χ4n) is 2.17. The molecular weight excluding hydrogens is 337 g/mol. The third-order valence-corrected chi connectivity index (χ3v) is 3.28. The van der Waals surface area contributed by atoms with E-state index in [1.165, 1.54) is 20.3 Å². The van der Waals surface area contributed by atoms with E-state index in [0.717, 1.165) is 12.3 Å². The van der Waals surface area contributed by atoms with E-state index in [4.69, 9.17) is 14.3 Å². The zero-order chi connectivity index (χ0) is 18.4. The van der Waals surface area contributed by atoms with Gasteiger partial charge in [-0.25, -0.2) is 4.98 Å². The van der Waals surface area contributed by atoms with Crippen molar-refractivity contribution in [3.05, 3.63) is 52.8 Å². The highest BCUT2D eigenvalue weighted by atomic mass is 19.4. The SMILES string of the molecule is COc1cccc(OC)c1CON=Cc1cc(C)cc(C(F)(F)F)n1. The summed E-state index contributed by atoms with van der Waals surface area (Å²) in [5, 5.41) is 3.69. The van der Waals surface area contributed by atoms with Crippen molar-refractivity contribution in [2.45, 2.75) is 19.7 Å². The summed E-state index contributed by atoms with van der Waals surface area (Å²) in [6.07, 6.45) is -3.38. The van der Waals surface area contributed by atoms with Crippen molar-refractivity contribution in [1.82, 2.24) is 4.98 Å². The van der Waals surface area contributed by atoms with E-state index in [0.29, 0.717) is 22.6 Å². The number of hydrogen-bond donors (Lipinski definition) is 0. The van der Waals surface area contributed by atoms with Gasteiger partial charge in [0.15, 0.2) is 0 Å². The van der Waals surface area contributed by atoms with Crippen molar-refractivity contribution in [3.63, 3.8) is 0 Å². The van der Waals surface area contributed by atoms with Crippen molar-refractivity contribution < 1.29 is 27.5 Å². The molecule has 0 amide bonds. The minimum Gasteiger partial charge on any atom is -0.496 e. The third kappa shape index (κ3) is 4.85. The Morgan fingerprint density at radius 1 is 1.12 bits per heavy atom. The largest absolute Gasteiger partial charge is 0.496 e. The van der Waals surface area contributed by atoms with Crippen molar-refractivity contribution in [2.75, 3.05) is 14.2 Å². The zero-order valence-corrected chi connectivity index (χ0v) is 13.9. The molecule has 0 atom stereocenters. The van der Waals surface area contributed by atoms with Gasteiger partial charge in [0.05, 0.1) is 31.7 Å². The molecule has 2 rings (SSSR count). The van der Waals surface area contributed by atoms with E-state index < -0.39 is 11.9 Å². The van der Waals surface area contributed by atoms with Crippen molar-refractivity contribution in [3.8, 4) is 11.5 Å². The van der Waals surface area contributed by atoms with Crippen LogP contribution in [0.1, 0.15) is 22.5 Å². The molecule has 0 saturated heterocycles. The second-order valence-electron chi connectivity index (χ2n) is 5.10. The zero-order valence-electron chi connectivity index (χ0n) is 13.9. The van der Waals surface area contributed by atoms with Crippen LogP contribution in [-0.4, -0.2) is 25.4 Å². The maximum atomic E-state index is 12.8. The average molecular weight is 354 g/mol. The fraction of sp³-hybridized carbons (Fsp3) is 0.294. The first-order valence-corrected chi connectivity index (χ1v) is 7.26. The molecule has 5 nitrogen and oxygen atoms in total. The van der Waals surface area contributed by atoms with Crippen molar-refractivity contribution in [2.24, 2.45) is 5.16 Å². The lowest BCUT2D eigenvalue weighted by Gasteiger charge is -2.11. The van der Waals surface area contributed by atoms with E-state index in [2.05, 4.69) is 10.1 Å². The standard InChI is InChI=1S/C17H17F3N2O3/c1-11-7-12(22-16(8-11)17(18,19)20)9-21-25-10-13-14(23-2)5-4-6-15(13)24-3/h4-9H,10H2,1-3H3. The van der Waals surface area contributed by atoms with Crippen LogP contribution in [0.25, 0.3) is 0 Å². The van der Waals surface area contributed by atoms with Gasteiger partial charge in [0, 0.05) is 0 Å². The molecule has 0 spiro atoms. The van der Waals surface area contributed by atoms with E-state index >= 15 is 0 Å². The maximum absolute atomic E-state index is 12.8. The van der Waals surface area contributed by atoms with Gasteiger partial charge in [-0.05, 0) is 36.8 Å². The summed E-state index contributed by atoms with van der Waals surface area (Å²) < 4.78 is 48.7. The second kappa shape index (κ2) is 7.87. The molecule has 0 radical (unpaired) electrons. The van der Waals surface area contributed by atoms with Gasteiger partial charge in [-0.1, -0.05) is 11.2 Å². The Morgan fingerprint density at radius 2 is 1.76 bits per heavy atom. The van der Waals surface area contributed by atoms with Gasteiger partial charge in [-0.3, -0.25) is 0 Å². The van der Waals surface area contributed by atoms with Gasteiger partial charge in [-0.2, -0.15) is 13.2 Å². The first kappa shape index (κ1) is 18.6.